The number of nitrogens with zero attached hydrogens (tertiary/aromatic N) is 1. The van der Waals surface area contributed by atoms with Gasteiger partial charge in [-0.25, -0.2) is 13.4 Å². The zero-order chi connectivity index (χ0) is 13.9. The van der Waals surface area contributed by atoms with Crippen LogP contribution in [0.2, 0.25) is 0 Å². The molecule has 1 aromatic carbocycles. The maximum atomic E-state index is 12.0. The maximum absolute atomic E-state index is 12.0. The first-order chi connectivity index (χ1) is 8.98. The third-order valence-corrected chi connectivity index (χ3v) is 4.25. The molecule has 0 aliphatic rings. The van der Waals surface area contributed by atoms with Crippen LogP contribution in [0.5, 0.6) is 0 Å². The second kappa shape index (κ2) is 5.58. The number of rotatable bonds is 4. The fourth-order valence-electron chi connectivity index (χ4n) is 1.51. The van der Waals surface area contributed by atoms with Gasteiger partial charge in [0.25, 0.3) is 0 Å². The van der Waals surface area contributed by atoms with E-state index >= 15 is 0 Å². The molecule has 5 nitrogen and oxygen atoms in total. The lowest BCUT2D eigenvalue weighted by atomic mass is 10.2. The van der Waals surface area contributed by atoms with Gasteiger partial charge in [-0.1, -0.05) is 18.2 Å². The summed E-state index contributed by atoms with van der Waals surface area (Å²) in [4.78, 5) is 3.96. The Bertz CT molecular complexity index is 635. The molecule has 19 heavy (non-hydrogen) atoms. The molecule has 1 aromatic heterocycles. The summed E-state index contributed by atoms with van der Waals surface area (Å²) < 4.78 is 27.1. The van der Waals surface area contributed by atoms with Crippen LogP contribution in [0.15, 0.2) is 47.1 Å². The fourth-order valence-corrected chi connectivity index (χ4v) is 3.20. The lowest BCUT2D eigenvalue weighted by Gasteiger charge is -2.09. The predicted octanol–water partition coefficient (Wildman–Crippen LogP) is 2.37. The Labute approximate surface area is 120 Å². The number of sulfonamides is 1. The molecule has 2 aromatic rings. The minimum absolute atomic E-state index is 0.192. The van der Waals surface area contributed by atoms with Gasteiger partial charge in [0, 0.05) is 11.9 Å². The monoisotopic (exact) mass is 341 g/mol. The third-order valence-electron chi connectivity index (χ3n) is 2.41. The van der Waals surface area contributed by atoms with Crippen LogP contribution >= 0.6 is 15.9 Å². The number of nitrogen functional groups attached to an aromatic ring is 1. The molecule has 0 amide bonds. The molecule has 0 unspecified atom stereocenters. The second-order valence-electron chi connectivity index (χ2n) is 3.89. The van der Waals surface area contributed by atoms with E-state index in [0.717, 1.165) is 0 Å². The van der Waals surface area contributed by atoms with Crippen LogP contribution in [0.3, 0.4) is 0 Å². The molecule has 0 bridgehead atoms. The summed E-state index contributed by atoms with van der Waals surface area (Å²) in [6, 6.07) is 10.3. The van der Waals surface area contributed by atoms with Gasteiger partial charge in [-0.15, -0.1) is 0 Å². The molecule has 0 radical (unpaired) electrons. The van der Waals surface area contributed by atoms with Crippen molar-refractivity contribution in [3.8, 4) is 0 Å². The highest BCUT2D eigenvalue weighted by atomic mass is 79.9. The van der Waals surface area contributed by atoms with Gasteiger partial charge in [0.15, 0.2) is 5.82 Å². The molecule has 100 valence electrons. The first-order valence-electron chi connectivity index (χ1n) is 5.42. The molecule has 0 saturated carbocycles. The molecular weight excluding hydrogens is 330 g/mol. The van der Waals surface area contributed by atoms with Crippen LogP contribution in [0.1, 0.15) is 5.56 Å². The van der Waals surface area contributed by atoms with Crippen LogP contribution in [-0.2, 0) is 15.8 Å². The summed E-state index contributed by atoms with van der Waals surface area (Å²) in [5, 5.41) is 0. The van der Waals surface area contributed by atoms with E-state index in [9.17, 15) is 8.42 Å². The van der Waals surface area contributed by atoms with Gasteiger partial charge in [0.05, 0.1) is 10.2 Å². The highest BCUT2D eigenvalue weighted by molar-refractivity contribution is 9.10. The van der Waals surface area contributed by atoms with Gasteiger partial charge in [-0.3, -0.25) is 4.72 Å². The number of aromatic nitrogens is 1. The van der Waals surface area contributed by atoms with Gasteiger partial charge in [0.2, 0.25) is 10.0 Å². The van der Waals surface area contributed by atoms with Crippen LogP contribution in [0.4, 0.5) is 11.5 Å². The molecule has 0 spiro atoms. The van der Waals surface area contributed by atoms with Crippen molar-refractivity contribution < 1.29 is 8.42 Å². The van der Waals surface area contributed by atoms with E-state index in [1.165, 1.54) is 6.20 Å². The van der Waals surface area contributed by atoms with Crippen molar-refractivity contribution in [2.24, 2.45) is 0 Å². The highest BCUT2D eigenvalue weighted by Crippen LogP contribution is 2.21. The van der Waals surface area contributed by atoms with Gasteiger partial charge < -0.3 is 5.73 Å². The van der Waals surface area contributed by atoms with E-state index in [0.29, 0.717) is 15.7 Å². The summed E-state index contributed by atoms with van der Waals surface area (Å²) in [7, 11) is -3.56. The van der Waals surface area contributed by atoms with E-state index in [4.69, 9.17) is 5.73 Å². The van der Waals surface area contributed by atoms with E-state index < -0.39 is 10.0 Å². The molecule has 3 N–H and O–H groups in total. The highest BCUT2D eigenvalue weighted by Gasteiger charge is 2.15. The average molecular weight is 342 g/mol. The number of halogens is 1. The molecule has 1 heterocycles. The minimum atomic E-state index is -3.56. The number of benzene rings is 1. The first-order valence-corrected chi connectivity index (χ1v) is 7.87. The molecule has 7 heteroatoms. The largest absolute Gasteiger partial charge is 0.398 e. The summed E-state index contributed by atoms with van der Waals surface area (Å²) in [5.41, 5.74) is 6.74. The average Bonchev–Trinajstić information content (AvgIpc) is 2.35. The molecule has 0 atom stereocenters. The van der Waals surface area contributed by atoms with E-state index in [-0.39, 0.29) is 11.6 Å². The number of nitrogens with one attached hydrogen (secondary N) is 1. The van der Waals surface area contributed by atoms with Gasteiger partial charge in [-0.2, -0.15) is 0 Å². The minimum Gasteiger partial charge on any atom is -0.398 e. The molecule has 0 aliphatic heterocycles. The first kappa shape index (κ1) is 13.8. The SMILES string of the molecule is Nc1ccccc1CS(=O)(=O)Nc1ncccc1Br. The quantitative estimate of drug-likeness (QED) is 0.836. The number of nitrogens with two attached hydrogens (primary N) is 1. The van der Waals surface area contributed by atoms with Crippen LogP contribution in [0, 0.1) is 0 Å². The Kier molecular flexibility index (Phi) is 4.06. The lowest BCUT2D eigenvalue weighted by molar-refractivity contribution is 0.600. The Hall–Kier alpha value is -1.60. The predicted molar refractivity (Wildman–Crippen MR) is 79.0 cm³/mol. The topological polar surface area (TPSA) is 85.1 Å². The van der Waals surface area contributed by atoms with Gasteiger partial charge in [-0.05, 0) is 39.7 Å². The molecular formula is C12H12BrN3O2S. The number of para-hydroxylation sites is 1. The van der Waals surface area contributed by atoms with E-state index in [2.05, 4.69) is 25.6 Å². The molecule has 0 fully saturated rings. The maximum Gasteiger partial charge on any atom is 0.238 e. The Morgan fingerprint density at radius 1 is 1.21 bits per heavy atom. The number of hydrogen-bond acceptors (Lipinski definition) is 4. The van der Waals surface area contributed by atoms with Crippen molar-refractivity contribution >= 4 is 37.5 Å². The van der Waals surface area contributed by atoms with Crippen LogP contribution in [0.25, 0.3) is 0 Å². The number of anilines is 2. The Morgan fingerprint density at radius 2 is 1.95 bits per heavy atom. The molecule has 0 aliphatic carbocycles. The van der Waals surface area contributed by atoms with E-state index in [1.54, 1.807) is 36.4 Å². The Morgan fingerprint density at radius 3 is 2.63 bits per heavy atom. The van der Waals surface area contributed by atoms with E-state index in [1.807, 2.05) is 0 Å². The smallest absolute Gasteiger partial charge is 0.238 e. The fraction of sp³-hybridized carbons (Fsp3) is 0.0833. The number of pyridine rings is 1. The summed E-state index contributed by atoms with van der Waals surface area (Å²) >= 11 is 3.23. The lowest BCUT2D eigenvalue weighted by Crippen LogP contribution is -2.17. The van der Waals surface area contributed by atoms with Crippen molar-refractivity contribution in [2.75, 3.05) is 10.5 Å². The van der Waals surface area contributed by atoms with Crippen molar-refractivity contribution in [3.05, 3.63) is 52.6 Å². The molecule has 0 saturated heterocycles. The summed E-state index contributed by atoms with van der Waals surface area (Å²) in [6.45, 7) is 0. The third kappa shape index (κ3) is 3.68. The van der Waals surface area contributed by atoms with Crippen molar-refractivity contribution in [1.82, 2.24) is 4.98 Å². The van der Waals surface area contributed by atoms with Gasteiger partial charge in [0.1, 0.15) is 0 Å². The summed E-state index contributed by atoms with van der Waals surface area (Å²) in [5.74, 6) is 0.0693. The molecule has 2 rings (SSSR count). The van der Waals surface area contributed by atoms with Crippen molar-refractivity contribution in [2.45, 2.75) is 5.75 Å². The van der Waals surface area contributed by atoms with Crippen LogP contribution < -0.4 is 10.5 Å². The zero-order valence-electron chi connectivity index (χ0n) is 9.88. The zero-order valence-corrected chi connectivity index (χ0v) is 12.3. The Balaban J connectivity index is 2.21. The van der Waals surface area contributed by atoms with Gasteiger partial charge >= 0.3 is 0 Å². The number of hydrogen-bond donors (Lipinski definition) is 2. The van der Waals surface area contributed by atoms with Crippen molar-refractivity contribution in [1.29, 1.82) is 0 Å². The summed E-state index contributed by atoms with van der Waals surface area (Å²) in [6.07, 6.45) is 1.51. The van der Waals surface area contributed by atoms with Crippen LogP contribution in [-0.4, -0.2) is 13.4 Å². The second-order valence-corrected chi connectivity index (χ2v) is 6.47. The standard InChI is InChI=1S/C12H12BrN3O2S/c13-10-5-3-7-15-12(10)16-19(17,18)8-9-4-1-2-6-11(9)14/h1-7H,8,14H2,(H,15,16). The normalized spacial score (nSPS) is 11.2. The van der Waals surface area contributed by atoms with Crippen molar-refractivity contribution in [3.63, 3.8) is 0 Å².